The highest BCUT2D eigenvalue weighted by molar-refractivity contribution is 7.89. The number of carbonyl (C=O) groups excluding carboxylic acids is 1. The molecule has 2 aromatic carbocycles. The van der Waals surface area contributed by atoms with Crippen molar-refractivity contribution in [1.29, 1.82) is 0 Å². The van der Waals surface area contributed by atoms with Gasteiger partial charge in [-0.05, 0) is 76.1 Å². The van der Waals surface area contributed by atoms with Gasteiger partial charge in [-0.15, -0.1) is 0 Å². The zero-order chi connectivity index (χ0) is 23.7. The van der Waals surface area contributed by atoms with Crippen molar-refractivity contribution >= 4 is 27.7 Å². The van der Waals surface area contributed by atoms with Crippen LogP contribution in [0.15, 0.2) is 41.3 Å². The molecule has 0 saturated carbocycles. The molecule has 1 saturated heterocycles. The first kappa shape index (κ1) is 24.4. The van der Waals surface area contributed by atoms with Crippen LogP contribution in [0, 0.1) is 13.8 Å². The molecule has 2 aromatic rings. The number of nitrogens with zero attached hydrogens (tertiary/aromatic N) is 2. The van der Waals surface area contributed by atoms with Crippen LogP contribution in [0.2, 0.25) is 5.02 Å². The van der Waals surface area contributed by atoms with E-state index in [1.54, 1.807) is 32.9 Å². The van der Waals surface area contributed by atoms with Crippen LogP contribution in [-0.2, 0) is 14.8 Å². The van der Waals surface area contributed by atoms with Gasteiger partial charge in [-0.25, -0.2) is 13.2 Å². The van der Waals surface area contributed by atoms with Gasteiger partial charge in [0.15, 0.2) is 0 Å². The summed E-state index contributed by atoms with van der Waals surface area (Å²) in [6.07, 6.45) is -0.448. The van der Waals surface area contributed by atoms with Crippen molar-refractivity contribution in [2.24, 2.45) is 0 Å². The second-order valence-electron chi connectivity index (χ2n) is 8.89. The highest BCUT2D eigenvalue weighted by Crippen LogP contribution is 2.34. The SMILES string of the molecule is Cc1cc(C)cc(Oc2ccc(Cl)cc2S(=O)(=O)N2CCN(C(=O)OC(C)(C)C)CC2)c1. The van der Waals surface area contributed by atoms with E-state index in [9.17, 15) is 13.2 Å². The summed E-state index contributed by atoms with van der Waals surface area (Å²) in [5, 5.41) is 0.295. The van der Waals surface area contributed by atoms with Gasteiger partial charge in [0.1, 0.15) is 22.0 Å². The summed E-state index contributed by atoms with van der Waals surface area (Å²) in [6, 6.07) is 10.3. The molecule has 0 aromatic heterocycles. The van der Waals surface area contributed by atoms with E-state index in [0.29, 0.717) is 10.8 Å². The Labute approximate surface area is 194 Å². The minimum absolute atomic E-state index is 0.00474. The van der Waals surface area contributed by atoms with E-state index in [2.05, 4.69) is 0 Å². The van der Waals surface area contributed by atoms with E-state index in [1.165, 1.54) is 15.3 Å². The summed E-state index contributed by atoms with van der Waals surface area (Å²) in [4.78, 5) is 13.8. The van der Waals surface area contributed by atoms with Gasteiger partial charge in [-0.3, -0.25) is 0 Å². The monoisotopic (exact) mass is 480 g/mol. The van der Waals surface area contributed by atoms with Crippen LogP contribution in [0.5, 0.6) is 11.5 Å². The van der Waals surface area contributed by atoms with Crippen LogP contribution in [-0.4, -0.2) is 55.5 Å². The Morgan fingerprint density at radius 1 is 0.969 bits per heavy atom. The number of piperazine rings is 1. The van der Waals surface area contributed by atoms with Crippen LogP contribution in [0.25, 0.3) is 0 Å². The molecule has 0 spiro atoms. The maximum absolute atomic E-state index is 13.4. The third-order valence-corrected chi connectivity index (χ3v) is 6.99. The summed E-state index contributed by atoms with van der Waals surface area (Å²) in [5.41, 5.74) is 1.41. The van der Waals surface area contributed by atoms with Crippen LogP contribution >= 0.6 is 11.6 Å². The molecule has 0 N–H and O–H groups in total. The molecule has 174 valence electrons. The van der Waals surface area contributed by atoms with Crippen molar-refractivity contribution in [3.05, 3.63) is 52.5 Å². The molecular formula is C23H29ClN2O5S. The van der Waals surface area contributed by atoms with Gasteiger partial charge in [0, 0.05) is 31.2 Å². The fraction of sp³-hybridized carbons (Fsp3) is 0.435. The normalized spacial score (nSPS) is 15.5. The number of hydrogen-bond donors (Lipinski definition) is 0. The standard InChI is InChI=1S/C23H29ClN2O5S/c1-16-12-17(2)14-19(13-16)30-20-7-6-18(24)15-21(20)32(28,29)26-10-8-25(9-11-26)22(27)31-23(3,4)5/h6-7,12-15H,8-11H2,1-5H3. The fourth-order valence-corrected chi connectivity index (χ4v) is 5.26. The van der Waals surface area contributed by atoms with E-state index in [4.69, 9.17) is 21.1 Å². The summed E-state index contributed by atoms with van der Waals surface area (Å²) in [5.74, 6) is 0.755. The number of hydrogen-bond acceptors (Lipinski definition) is 5. The molecule has 1 heterocycles. The number of rotatable bonds is 4. The van der Waals surface area contributed by atoms with Crippen molar-refractivity contribution in [3.63, 3.8) is 0 Å². The maximum atomic E-state index is 13.4. The molecule has 1 aliphatic rings. The average molecular weight is 481 g/mol. The van der Waals surface area contributed by atoms with Crippen molar-refractivity contribution in [2.75, 3.05) is 26.2 Å². The Kier molecular flexibility index (Phi) is 7.07. The minimum atomic E-state index is -3.89. The van der Waals surface area contributed by atoms with Gasteiger partial charge < -0.3 is 14.4 Å². The van der Waals surface area contributed by atoms with Crippen LogP contribution in [0.4, 0.5) is 4.79 Å². The van der Waals surface area contributed by atoms with E-state index >= 15 is 0 Å². The molecule has 0 atom stereocenters. The molecule has 1 aliphatic heterocycles. The summed E-state index contributed by atoms with van der Waals surface area (Å²) < 4.78 is 39.6. The summed E-state index contributed by atoms with van der Waals surface area (Å²) in [7, 11) is -3.89. The van der Waals surface area contributed by atoms with Gasteiger partial charge in [0.05, 0.1) is 0 Å². The first-order valence-corrected chi connectivity index (χ1v) is 12.2. The van der Waals surface area contributed by atoms with Gasteiger partial charge in [-0.1, -0.05) is 17.7 Å². The van der Waals surface area contributed by atoms with Gasteiger partial charge in [-0.2, -0.15) is 4.31 Å². The second kappa shape index (κ2) is 9.29. The molecule has 3 rings (SSSR count). The smallest absolute Gasteiger partial charge is 0.410 e. The summed E-state index contributed by atoms with van der Waals surface area (Å²) >= 11 is 6.13. The lowest BCUT2D eigenvalue weighted by Crippen LogP contribution is -2.51. The Hall–Kier alpha value is -2.29. The van der Waals surface area contributed by atoms with E-state index in [-0.39, 0.29) is 36.8 Å². The number of benzene rings is 2. The van der Waals surface area contributed by atoms with Crippen LogP contribution < -0.4 is 4.74 Å². The molecule has 7 nitrogen and oxygen atoms in total. The Morgan fingerprint density at radius 2 is 1.56 bits per heavy atom. The maximum Gasteiger partial charge on any atom is 0.410 e. The Morgan fingerprint density at radius 3 is 2.12 bits per heavy atom. The number of aryl methyl sites for hydroxylation is 2. The van der Waals surface area contributed by atoms with E-state index in [1.807, 2.05) is 32.0 Å². The van der Waals surface area contributed by atoms with Crippen molar-refractivity contribution in [2.45, 2.75) is 45.1 Å². The molecule has 0 bridgehead atoms. The number of carbonyl (C=O) groups is 1. The molecule has 32 heavy (non-hydrogen) atoms. The Bertz CT molecular complexity index is 1080. The quantitative estimate of drug-likeness (QED) is 0.616. The summed E-state index contributed by atoms with van der Waals surface area (Å²) in [6.45, 7) is 10.1. The van der Waals surface area contributed by atoms with E-state index in [0.717, 1.165) is 11.1 Å². The lowest BCUT2D eigenvalue weighted by molar-refractivity contribution is 0.0192. The second-order valence-corrected chi connectivity index (χ2v) is 11.2. The zero-order valence-electron chi connectivity index (χ0n) is 19.0. The third kappa shape index (κ3) is 5.94. The predicted octanol–water partition coefficient (Wildman–Crippen LogP) is 4.99. The molecule has 0 aliphatic carbocycles. The molecular weight excluding hydrogens is 452 g/mol. The number of halogens is 1. The fourth-order valence-electron chi connectivity index (χ4n) is 3.46. The van der Waals surface area contributed by atoms with Gasteiger partial charge in [0.2, 0.25) is 10.0 Å². The number of amides is 1. The highest BCUT2D eigenvalue weighted by Gasteiger charge is 2.34. The van der Waals surface area contributed by atoms with Gasteiger partial charge >= 0.3 is 6.09 Å². The minimum Gasteiger partial charge on any atom is -0.456 e. The molecule has 9 heteroatoms. The zero-order valence-corrected chi connectivity index (χ0v) is 20.6. The largest absolute Gasteiger partial charge is 0.456 e. The number of ether oxygens (including phenoxy) is 2. The van der Waals surface area contributed by atoms with Crippen LogP contribution in [0.1, 0.15) is 31.9 Å². The Balaban J connectivity index is 1.81. The van der Waals surface area contributed by atoms with Crippen molar-refractivity contribution in [1.82, 2.24) is 9.21 Å². The molecule has 1 fully saturated rings. The average Bonchev–Trinajstić information content (AvgIpc) is 2.67. The third-order valence-electron chi connectivity index (χ3n) is 4.84. The van der Waals surface area contributed by atoms with Crippen molar-refractivity contribution < 1.29 is 22.7 Å². The van der Waals surface area contributed by atoms with E-state index < -0.39 is 21.7 Å². The predicted molar refractivity (Wildman–Crippen MR) is 124 cm³/mol. The number of sulfonamides is 1. The lowest BCUT2D eigenvalue weighted by atomic mass is 10.1. The van der Waals surface area contributed by atoms with Crippen LogP contribution in [0.3, 0.4) is 0 Å². The van der Waals surface area contributed by atoms with Crippen molar-refractivity contribution in [3.8, 4) is 11.5 Å². The first-order chi connectivity index (χ1) is 14.8. The first-order valence-electron chi connectivity index (χ1n) is 10.4. The molecule has 0 radical (unpaired) electrons. The molecule has 0 unspecified atom stereocenters. The lowest BCUT2D eigenvalue weighted by Gasteiger charge is -2.35. The van der Waals surface area contributed by atoms with Gasteiger partial charge in [0.25, 0.3) is 0 Å². The topological polar surface area (TPSA) is 76.2 Å². The molecule has 1 amide bonds. The highest BCUT2D eigenvalue weighted by atomic mass is 35.5.